The van der Waals surface area contributed by atoms with E-state index in [0.29, 0.717) is 6.54 Å². The largest absolute Gasteiger partial charge is 0.352 e. The topological polar surface area (TPSA) is 50.2 Å². The van der Waals surface area contributed by atoms with Crippen LogP contribution in [0.15, 0.2) is 12.4 Å². The Morgan fingerprint density at radius 1 is 1.36 bits per heavy atom. The Morgan fingerprint density at radius 2 is 1.95 bits per heavy atom. The fourth-order valence-corrected chi connectivity index (χ4v) is 2.40. The van der Waals surface area contributed by atoms with Crippen LogP contribution in [0.1, 0.15) is 47.4 Å². The van der Waals surface area contributed by atoms with Crippen LogP contribution in [0.2, 0.25) is 0 Å². The molecule has 0 saturated carbocycles. The van der Waals surface area contributed by atoms with Gasteiger partial charge in [-0.05, 0) is 25.3 Å². The van der Waals surface area contributed by atoms with E-state index in [2.05, 4.69) is 56.7 Å². The van der Waals surface area contributed by atoms with Gasteiger partial charge in [0, 0.05) is 25.5 Å². The highest BCUT2D eigenvalue weighted by atomic mass is 16.2. The van der Waals surface area contributed by atoms with E-state index in [-0.39, 0.29) is 29.3 Å². The third kappa shape index (κ3) is 4.83. The van der Waals surface area contributed by atoms with E-state index in [4.69, 9.17) is 0 Å². The first-order chi connectivity index (χ1) is 10.0. The molecule has 2 atom stereocenters. The van der Waals surface area contributed by atoms with Gasteiger partial charge in [-0.2, -0.15) is 0 Å². The summed E-state index contributed by atoms with van der Waals surface area (Å²) in [5.74, 6) is 1.29. The molecule has 0 saturated heterocycles. The molecule has 0 spiro atoms. The molecule has 5 heteroatoms. The van der Waals surface area contributed by atoms with Crippen molar-refractivity contribution < 1.29 is 4.79 Å². The Balaban J connectivity index is 2.80. The lowest BCUT2D eigenvalue weighted by Gasteiger charge is -2.34. The second-order valence-electron chi connectivity index (χ2n) is 7.65. The predicted octanol–water partition coefficient (Wildman–Crippen LogP) is 2.43. The Kier molecular flexibility index (Phi) is 6.17. The van der Waals surface area contributed by atoms with Crippen LogP contribution in [-0.4, -0.2) is 39.5 Å². The van der Waals surface area contributed by atoms with Crippen LogP contribution >= 0.6 is 0 Å². The molecule has 0 unspecified atom stereocenters. The van der Waals surface area contributed by atoms with E-state index in [1.165, 1.54) is 0 Å². The minimum atomic E-state index is -0.165. The Labute approximate surface area is 135 Å². The lowest BCUT2D eigenvalue weighted by molar-refractivity contribution is -0.129. The summed E-state index contributed by atoms with van der Waals surface area (Å²) in [4.78, 5) is 19.1. The van der Waals surface area contributed by atoms with Crippen molar-refractivity contribution in [2.75, 3.05) is 7.05 Å². The molecule has 126 valence electrons. The first kappa shape index (κ1) is 18.7. The smallest absolute Gasteiger partial charge is 0.237 e. The van der Waals surface area contributed by atoms with Gasteiger partial charge in [0.25, 0.3) is 0 Å². The van der Waals surface area contributed by atoms with Gasteiger partial charge in [0.1, 0.15) is 5.82 Å². The van der Waals surface area contributed by atoms with Gasteiger partial charge in [-0.25, -0.2) is 4.98 Å². The van der Waals surface area contributed by atoms with Crippen LogP contribution in [-0.2, 0) is 18.4 Å². The molecule has 0 aromatic carbocycles. The van der Waals surface area contributed by atoms with E-state index in [1.807, 2.05) is 24.9 Å². The molecule has 1 heterocycles. The maximum Gasteiger partial charge on any atom is 0.237 e. The van der Waals surface area contributed by atoms with Gasteiger partial charge in [0.15, 0.2) is 0 Å². The molecule has 0 aliphatic heterocycles. The van der Waals surface area contributed by atoms with Crippen LogP contribution in [0.4, 0.5) is 0 Å². The van der Waals surface area contributed by atoms with Crippen LogP contribution in [0.25, 0.3) is 0 Å². The first-order valence-corrected chi connectivity index (χ1v) is 8.00. The Morgan fingerprint density at radius 3 is 2.36 bits per heavy atom. The van der Waals surface area contributed by atoms with Crippen molar-refractivity contribution in [2.45, 2.75) is 60.2 Å². The number of amides is 1. The number of likely N-dealkylation sites (N-methyl/N-ethyl adjacent to an activating group) is 1. The minimum absolute atomic E-state index is 0.0510. The zero-order chi connectivity index (χ0) is 17.1. The van der Waals surface area contributed by atoms with Gasteiger partial charge in [-0.3, -0.25) is 9.69 Å². The molecule has 1 aromatic rings. The third-order valence-corrected chi connectivity index (χ3v) is 4.34. The zero-order valence-electron chi connectivity index (χ0n) is 15.3. The van der Waals surface area contributed by atoms with Gasteiger partial charge in [-0.15, -0.1) is 0 Å². The molecule has 0 fully saturated rings. The highest BCUT2D eigenvalue weighted by Gasteiger charge is 2.30. The van der Waals surface area contributed by atoms with Crippen molar-refractivity contribution in [3.8, 4) is 0 Å². The molecular formula is C17H32N4O. The van der Waals surface area contributed by atoms with Gasteiger partial charge < -0.3 is 9.88 Å². The molecular weight excluding hydrogens is 276 g/mol. The highest BCUT2D eigenvalue weighted by molar-refractivity contribution is 5.82. The second kappa shape index (κ2) is 7.27. The quantitative estimate of drug-likeness (QED) is 0.878. The fraction of sp³-hybridized carbons (Fsp3) is 0.765. The first-order valence-electron chi connectivity index (χ1n) is 8.00. The number of hydrogen-bond donors (Lipinski definition) is 1. The number of rotatable bonds is 6. The summed E-state index contributed by atoms with van der Waals surface area (Å²) in [6.07, 6.45) is 3.71. The molecule has 5 nitrogen and oxygen atoms in total. The summed E-state index contributed by atoms with van der Waals surface area (Å²) >= 11 is 0. The Bertz CT molecular complexity index is 487. The van der Waals surface area contributed by atoms with Crippen molar-refractivity contribution in [3.63, 3.8) is 0 Å². The summed E-state index contributed by atoms with van der Waals surface area (Å²) in [7, 11) is 3.96. The average Bonchev–Trinajstić information content (AvgIpc) is 2.73. The van der Waals surface area contributed by atoms with E-state index in [1.54, 1.807) is 6.20 Å². The third-order valence-electron chi connectivity index (χ3n) is 4.34. The number of carbonyl (C=O) groups excluding carboxylic acids is 1. The SMILES string of the molecule is CC(C)[C@@H](C(=O)N[C@H](C)C(C)(C)C)N(C)Cc1nccn1C. The number of aryl methyl sites for hydroxylation is 1. The average molecular weight is 308 g/mol. The monoisotopic (exact) mass is 308 g/mol. The summed E-state index contributed by atoms with van der Waals surface area (Å²) in [6.45, 7) is 13.3. The zero-order valence-corrected chi connectivity index (χ0v) is 15.3. The van der Waals surface area contributed by atoms with Gasteiger partial charge in [-0.1, -0.05) is 34.6 Å². The molecule has 0 aliphatic carbocycles. The maximum absolute atomic E-state index is 12.7. The second-order valence-corrected chi connectivity index (χ2v) is 7.65. The number of imidazole rings is 1. The van der Waals surface area contributed by atoms with E-state index in [0.717, 1.165) is 5.82 Å². The van der Waals surface area contributed by atoms with Crippen molar-refractivity contribution in [1.82, 2.24) is 19.8 Å². The number of carbonyl (C=O) groups is 1. The van der Waals surface area contributed by atoms with Crippen LogP contribution in [0, 0.1) is 11.3 Å². The highest BCUT2D eigenvalue weighted by Crippen LogP contribution is 2.20. The van der Waals surface area contributed by atoms with Gasteiger partial charge in [0.05, 0.1) is 12.6 Å². The molecule has 1 aromatic heterocycles. The van der Waals surface area contributed by atoms with Crippen molar-refractivity contribution in [1.29, 1.82) is 0 Å². The minimum Gasteiger partial charge on any atom is -0.352 e. The van der Waals surface area contributed by atoms with Crippen molar-refractivity contribution in [2.24, 2.45) is 18.4 Å². The van der Waals surface area contributed by atoms with Gasteiger partial charge >= 0.3 is 0 Å². The van der Waals surface area contributed by atoms with Crippen LogP contribution < -0.4 is 5.32 Å². The van der Waals surface area contributed by atoms with Crippen LogP contribution in [0.3, 0.4) is 0 Å². The summed E-state index contributed by atoms with van der Waals surface area (Å²) in [5, 5.41) is 3.17. The molecule has 0 aliphatic rings. The maximum atomic E-state index is 12.7. The molecule has 22 heavy (non-hydrogen) atoms. The lowest BCUT2D eigenvalue weighted by atomic mass is 9.87. The van der Waals surface area contributed by atoms with E-state index >= 15 is 0 Å². The molecule has 1 amide bonds. The normalized spacial score (nSPS) is 15.2. The fourth-order valence-electron chi connectivity index (χ4n) is 2.40. The number of nitrogens with zero attached hydrogens (tertiary/aromatic N) is 3. The number of nitrogens with one attached hydrogen (secondary N) is 1. The van der Waals surface area contributed by atoms with Crippen molar-refractivity contribution >= 4 is 5.91 Å². The number of hydrogen-bond acceptors (Lipinski definition) is 3. The summed E-state index contributed by atoms with van der Waals surface area (Å²) < 4.78 is 1.99. The van der Waals surface area contributed by atoms with Crippen molar-refractivity contribution in [3.05, 3.63) is 18.2 Å². The number of aromatic nitrogens is 2. The standard InChI is InChI=1S/C17H32N4O/c1-12(2)15(16(22)19-13(3)17(4,5)6)21(8)11-14-18-9-10-20(14)7/h9-10,12-13,15H,11H2,1-8H3,(H,19,22)/t13-,15+/m1/s1. The van der Waals surface area contributed by atoms with Crippen LogP contribution in [0.5, 0.6) is 0 Å². The van der Waals surface area contributed by atoms with E-state index < -0.39 is 0 Å². The lowest BCUT2D eigenvalue weighted by Crippen LogP contribution is -2.52. The summed E-state index contributed by atoms with van der Waals surface area (Å²) in [5.41, 5.74) is 0.0510. The Hall–Kier alpha value is -1.36. The van der Waals surface area contributed by atoms with Gasteiger partial charge in [0.2, 0.25) is 5.91 Å². The molecule has 0 radical (unpaired) electrons. The summed E-state index contributed by atoms with van der Waals surface area (Å²) in [6, 6.07) is -0.0377. The molecule has 0 bridgehead atoms. The van der Waals surface area contributed by atoms with E-state index in [9.17, 15) is 4.79 Å². The molecule has 1 N–H and O–H groups in total. The predicted molar refractivity (Wildman–Crippen MR) is 90.4 cm³/mol. The molecule has 1 rings (SSSR count).